The number of ether oxygens (including phenoxy) is 2. The van der Waals surface area contributed by atoms with Gasteiger partial charge < -0.3 is 29.9 Å². The number of anilines is 1. The van der Waals surface area contributed by atoms with Gasteiger partial charge in [0.1, 0.15) is 22.9 Å². The Morgan fingerprint density at radius 3 is 2.46 bits per heavy atom. The van der Waals surface area contributed by atoms with E-state index >= 15 is 8.78 Å². The number of aromatic hydroxyl groups is 1. The number of nitrogens with zero attached hydrogens (tertiary/aromatic N) is 4. The molecule has 3 N–H and O–H groups in total. The van der Waals surface area contributed by atoms with Crippen molar-refractivity contribution in [2.45, 2.75) is 56.3 Å². The van der Waals surface area contributed by atoms with Crippen LogP contribution < -0.4 is 15.0 Å². The highest BCUT2D eigenvalue weighted by Gasteiger charge is 2.37. The second-order valence-electron chi connectivity index (χ2n) is 12.5. The van der Waals surface area contributed by atoms with Crippen LogP contribution in [0.4, 0.5) is 14.6 Å². The minimum atomic E-state index is -0.663. The molecule has 0 spiro atoms. The van der Waals surface area contributed by atoms with Crippen LogP contribution in [0.25, 0.3) is 32.8 Å². The van der Waals surface area contributed by atoms with Crippen LogP contribution in [0.5, 0.6) is 11.8 Å². The summed E-state index contributed by atoms with van der Waals surface area (Å²) in [5.74, 6) is -0.919. The van der Waals surface area contributed by atoms with E-state index in [2.05, 4.69) is 15.2 Å². The predicted octanol–water partition coefficient (Wildman–Crippen LogP) is 4.71. The van der Waals surface area contributed by atoms with Crippen molar-refractivity contribution in [2.24, 2.45) is 0 Å². The van der Waals surface area contributed by atoms with E-state index in [4.69, 9.17) is 24.4 Å². The summed E-state index contributed by atoms with van der Waals surface area (Å²) in [6, 6.07) is 13.2. The number of phenols is 1. The van der Waals surface area contributed by atoms with Gasteiger partial charge in [0.2, 0.25) is 0 Å². The van der Waals surface area contributed by atoms with Crippen molar-refractivity contribution in [3.63, 3.8) is 0 Å². The maximum atomic E-state index is 16.6. The second kappa shape index (κ2) is 12.9. The van der Waals surface area contributed by atoms with Gasteiger partial charge in [-0.1, -0.05) is 24.3 Å². The smallest absolute Gasteiger partial charge is 0.319 e. The van der Waals surface area contributed by atoms with Crippen molar-refractivity contribution >= 4 is 34.0 Å². The van der Waals surface area contributed by atoms with Crippen molar-refractivity contribution in [3.8, 4) is 22.9 Å². The Balaban J connectivity index is 0.00000109. The van der Waals surface area contributed by atoms with E-state index in [1.807, 2.05) is 29.2 Å². The summed E-state index contributed by atoms with van der Waals surface area (Å²) >= 11 is 0. The van der Waals surface area contributed by atoms with Crippen LogP contribution in [0.15, 0.2) is 42.5 Å². The number of carboxylic acid groups (broad SMARTS) is 1. The fourth-order valence-electron chi connectivity index (χ4n) is 7.66. The molecule has 242 valence electrons. The summed E-state index contributed by atoms with van der Waals surface area (Å²) in [7, 11) is 0. The van der Waals surface area contributed by atoms with Gasteiger partial charge in [-0.15, -0.1) is 0 Å². The summed E-state index contributed by atoms with van der Waals surface area (Å²) in [4.78, 5) is 22.1. The van der Waals surface area contributed by atoms with Crippen LogP contribution in [0.1, 0.15) is 32.1 Å². The summed E-state index contributed by atoms with van der Waals surface area (Å²) in [5.41, 5.74) is 0.326. The van der Waals surface area contributed by atoms with Crippen molar-refractivity contribution in [2.75, 3.05) is 44.4 Å². The predicted molar refractivity (Wildman–Crippen MR) is 169 cm³/mol. The molecule has 4 atom stereocenters. The third kappa shape index (κ3) is 5.80. The van der Waals surface area contributed by atoms with Gasteiger partial charge in [-0.3, -0.25) is 9.69 Å². The number of piperazine rings is 1. The number of nitrogens with one attached hydrogen (secondary N) is 1. The molecule has 4 fully saturated rings. The first-order chi connectivity index (χ1) is 22.4. The molecule has 4 saturated heterocycles. The Morgan fingerprint density at radius 1 is 1.00 bits per heavy atom. The molecule has 8 rings (SSSR count). The number of rotatable bonds is 7. The van der Waals surface area contributed by atoms with Gasteiger partial charge in [-0.05, 0) is 66.6 Å². The number of morpholine rings is 1. The molecule has 0 radical (unpaired) electrons. The molecule has 0 amide bonds. The van der Waals surface area contributed by atoms with Crippen LogP contribution in [0.2, 0.25) is 0 Å². The third-order valence-corrected chi connectivity index (χ3v) is 9.66. The van der Waals surface area contributed by atoms with Gasteiger partial charge in [-0.2, -0.15) is 9.97 Å². The van der Waals surface area contributed by atoms with Gasteiger partial charge in [0.05, 0.1) is 25.2 Å². The fourth-order valence-corrected chi connectivity index (χ4v) is 7.66. The summed E-state index contributed by atoms with van der Waals surface area (Å²) < 4.78 is 44.5. The highest BCUT2D eigenvalue weighted by atomic mass is 19.1. The fraction of sp³-hybridized carbons (Fsp3) is 0.441. The summed E-state index contributed by atoms with van der Waals surface area (Å²) in [6.07, 6.45) is 5.19. The quantitative estimate of drug-likeness (QED) is 0.195. The number of aromatic nitrogens is 2. The molecule has 3 aromatic carbocycles. The van der Waals surface area contributed by atoms with E-state index in [-0.39, 0.29) is 46.8 Å². The molecule has 4 aliphatic heterocycles. The van der Waals surface area contributed by atoms with Gasteiger partial charge in [0.25, 0.3) is 6.47 Å². The highest BCUT2D eigenvalue weighted by molar-refractivity contribution is 6.01. The van der Waals surface area contributed by atoms with E-state index in [9.17, 15) is 5.11 Å². The number of fused-ring (bicyclic) bond motifs is 6. The zero-order valence-electron chi connectivity index (χ0n) is 25.4. The normalized spacial score (nSPS) is 23.8. The monoisotopic (exact) mass is 633 g/mol. The van der Waals surface area contributed by atoms with Gasteiger partial charge >= 0.3 is 6.01 Å². The van der Waals surface area contributed by atoms with E-state index < -0.39 is 11.6 Å². The molecule has 46 heavy (non-hydrogen) atoms. The molecule has 5 heterocycles. The number of hydrogen-bond donors (Lipinski definition) is 3. The minimum Gasteiger partial charge on any atom is -0.508 e. The lowest BCUT2D eigenvalue weighted by Gasteiger charge is -2.34. The van der Waals surface area contributed by atoms with Crippen LogP contribution in [-0.2, 0) is 9.53 Å². The highest BCUT2D eigenvalue weighted by Crippen LogP contribution is 2.40. The first kappa shape index (κ1) is 30.5. The zero-order chi connectivity index (χ0) is 31.8. The average molecular weight is 634 g/mol. The van der Waals surface area contributed by atoms with E-state index in [1.165, 1.54) is 12.1 Å². The Hall–Kier alpha value is -4.13. The lowest BCUT2D eigenvalue weighted by molar-refractivity contribution is -0.122. The van der Waals surface area contributed by atoms with Crippen LogP contribution >= 0.6 is 0 Å². The zero-order valence-corrected chi connectivity index (χ0v) is 25.4. The van der Waals surface area contributed by atoms with Crippen molar-refractivity contribution in [1.82, 2.24) is 20.2 Å². The molecule has 0 aliphatic carbocycles. The number of phenolic OH excluding ortho intramolecular Hbond substituents is 1. The molecule has 1 aromatic heterocycles. The molecule has 4 aromatic rings. The average Bonchev–Trinajstić information content (AvgIpc) is 3.50. The van der Waals surface area contributed by atoms with Crippen LogP contribution in [0, 0.1) is 11.6 Å². The number of benzene rings is 3. The van der Waals surface area contributed by atoms with Crippen LogP contribution in [-0.4, -0.2) is 95.2 Å². The van der Waals surface area contributed by atoms with Gasteiger partial charge in [0, 0.05) is 49.4 Å². The first-order valence-electron chi connectivity index (χ1n) is 15.9. The SMILES string of the molecule is O=CO.Oc1cc(-c2cc(F)c3c(N4C[C@H]5CC[C@@H](C4)N5)nc(OCCCN4C5CCC4COC5)nc3c2F)c2ccccc2c1. The molecule has 0 saturated carbocycles. The number of carbonyl (C=O) groups is 1. The molecule has 4 bridgehead atoms. The standard InChI is InChI=1S/C33H35F2N5O3.CH2O2/c34-28-14-27(26-13-24(41)12-19-4-1-2-5-25(19)26)30(35)31-29(28)32(39-15-20-6-7-21(16-39)36-20)38-33(37-31)43-11-3-10-40-22-8-9-23(40)18-42-17-22;2-1-3/h1-2,4-5,12-14,20-23,36,41H,3,6-11,15-18H2;1H,(H,2,3)/t20-,21+,22?,23?;. The molecule has 2 unspecified atom stereocenters. The summed E-state index contributed by atoms with van der Waals surface area (Å²) in [6.45, 7) is 3.88. The van der Waals surface area contributed by atoms with Crippen molar-refractivity contribution < 1.29 is 33.3 Å². The van der Waals surface area contributed by atoms with E-state index in [0.29, 0.717) is 48.5 Å². The molecular formula is C34H37F2N5O5. The number of halogens is 2. The molecule has 10 nitrogen and oxygen atoms in total. The largest absolute Gasteiger partial charge is 0.508 e. The Morgan fingerprint density at radius 2 is 1.72 bits per heavy atom. The second-order valence-corrected chi connectivity index (χ2v) is 12.5. The van der Waals surface area contributed by atoms with E-state index in [0.717, 1.165) is 57.2 Å². The minimum absolute atomic E-state index is 0.0222. The number of hydrogen-bond acceptors (Lipinski definition) is 9. The van der Waals surface area contributed by atoms with Crippen molar-refractivity contribution in [3.05, 3.63) is 54.1 Å². The summed E-state index contributed by atoms with van der Waals surface area (Å²) in [5, 5.41) is 22.4. The molecule has 12 heteroatoms. The topological polar surface area (TPSA) is 120 Å². The maximum Gasteiger partial charge on any atom is 0.319 e. The Bertz CT molecular complexity index is 1730. The third-order valence-electron chi connectivity index (χ3n) is 9.66. The lowest BCUT2D eigenvalue weighted by Crippen LogP contribution is -2.51. The lowest BCUT2D eigenvalue weighted by atomic mass is 9.96. The Labute approximate surface area is 264 Å². The van der Waals surface area contributed by atoms with Gasteiger partial charge in [-0.25, -0.2) is 8.78 Å². The maximum absolute atomic E-state index is 16.6. The van der Waals surface area contributed by atoms with Crippen LogP contribution in [0.3, 0.4) is 0 Å². The van der Waals surface area contributed by atoms with Gasteiger partial charge in [0.15, 0.2) is 5.82 Å². The van der Waals surface area contributed by atoms with Crippen molar-refractivity contribution in [1.29, 1.82) is 0 Å². The molecular weight excluding hydrogens is 596 g/mol. The Kier molecular flexibility index (Phi) is 8.58. The first-order valence-corrected chi connectivity index (χ1v) is 15.9. The molecule has 4 aliphatic rings. The van der Waals surface area contributed by atoms with E-state index in [1.54, 1.807) is 6.07 Å².